The normalized spacial score (nSPS) is 10.4. The van der Waals surface area contributed by atoms with Crippen LogP contribution in [-0.4, -0.2) is 41.1 Å². The minimum absolute atomic E-state index is 0.170. The Morgan fingerprint density at radius 3 is 2.46 bits per heavy atom. The highest BCUT2D eigenvalue weighted by Gasteiger charge is 2.10. The summed E-state index contributed by atoms with van der Waals surface area (Å²) in [5.41, 5.74) is 1.55. The first-order chi connectivity index (χ1) is 12.7. The van der Waals surface area contributed by atoms with Gasteiger partial charge in [-0.25, -0.2) is 4.98 Å². The maximum absolute atomic E-state index is 12.2. The second-order valence-corrected chi connectivity index (χ2v) is 6.21. The van der Waals surface area contributed by atoms with Crippen LogP contribution in [-0.2, 0) is 4.79 Å². The number of benzene rings is 2. The summed E-state index contributed by atoms with van der Waals surface area (Å²) in [6.07, 6.45) is 0. The number of aromatic nitrogens is 3. The van der Waals surface area contributed by atoms with Crippen LogP contribution in [0.4, 0.5) is 5.69 Å². The summed E-state index contributed by atoms with van der Waals surface area (Å²) < 4.78 is 10.4. The summed E-state index contributed by atoms with van der Waals surface area (Å²) in [7, 11) is 3.12. The van der Waals surface area contributed by atoms with Gasteiger partial charge in [0, 0.05) is 29.4 Å². The molecule has 7 nitrogen and oxygen atoms in total. The predicted octanol–water partition coefficient (Wildman–Crippen LogP) is 3.22. The van der Waals surface area contributed by atoms with E-state index in [1.807, 2.05) is 30.3 Å². The Bertz CT molecular complexity index is 861. The average Bonchev–Trinajstić information content (AvgIpc) is 3.16. The third-order valence-electron chi connectivity index (χ3n) is 3.48. The number of rotatable bonds is 7. The lowest BCUT2D eigenvalue weighted by atomic mass is 10.2. The predicted molar refractivity (Wildman–Crippen MR) is 101 cm³/mol. The van der Waals surface area contributed by atoms with E-state index in [2.05, 4.69) is 20.5 Å². The standard InChI is InChI=1S/C18H18N4O3S/c1-24-14-8-13(9-15(10-14)25-2)19-16(23)11-26-18-20-17(21-22-18)12-6-4-3-5-7-12/h3-10H,11H2,1-2H3,(H,19,23)(H,20,21,22). The van der Waals surface area contributed by atoms with Crippen molar-refractivity contribution < 1.29 is 14.3 Å². The van der Waals surface area contributed by atoms with Gasteiger partial charge in [-0.05, 0) is 0 Å². The zero-order chi connectivity index (χ0) is 18.4. The van der Waals surface area contributed by atoms with Crippen molar-refractivity contribution in [1.29, 1.82) is 0 Å². The van der Waals surface area contributed by atoms with Gasteiger partial charge in [0.15, 0.2) is 5.82 Å². The van der Waals surface area contributed by atoms with Crippen molar-refractivity contribution in [1.82, 2.24) is 15.2 Å². The minimum Gasteiger partial charge on any atom is -0.497 e. The van der Waals surface area contributed by atoms with E-state index in [0.717, 1.165) is 5.56 Å². The van der Waals surface area contributed by atoms with Crippen LogP contribution in [0.2, 0.25) is 0 Å². The SMILES string of the molecule is COc1cc(NC(=O)CSc2n[nH]c(-c3ccccc3)n2)cc(OC)c1. The number of methoxy groups -OCH3 is 2. The molecule has 3 rings (SSSR count). The maximum atomic E-state index is 12.2. The molecule has 0 aliphatic carbocycles. The topological polar surface area (TPSA) is 89.1 Å². The largest absolute Gasteiger partial charge is 0.497 e. The molecule has 1 aromatic heterocycles. The Labute approximate surface area is 155 Å². The van der Waals surface area contributed by atoms with Gasteiger partial charge in [-0.15, -0.1) is 5.10 Å². The molecule has 0 aliphatic heterocycles. The van der Waals surface area contributed by atoms with Crippen molar-refractivity contribution >= 4 is 23.4 Å². The molecule has 3 aromatic rings. The summed E-state index contributed by atoms with van der Waals surface area (Å²) in [4.78, 5) is 16.6. The van der Waals surface area contributed by atoms with Crippen molar-refractivity contribution in [3.8, 4) is 22.9 Å². The number of H-pyrrole nitrogens is 1. The van der Waals surface area contributed by atoms with Gasteiger partial charge >= 0.3 is 0 Å². The summed E-state index contributed by atoms with van der Waals surface area (Å²) in [5.74, 6) is 1.90. The van der Waals surface area contributed by atoms with Crippen molar-refractivity contribution in [2.24, 2.45) is 0 Å². The van der Waals surface area contributed by atoms with Crippen LogP contribution in [0.25, 0.3) is 11.4 Å². The van der Waals surface area contributed by atoms with E-state index in [4.69, 9.17) is 9.47 Å². The molecule has 0 saturated heterocycles. The number of carbonyl (C=O) groups is 1. The lowest BCUT2D eigenvalue weighted by Crippen LogP contribution is -2.14. The highest BCUT2D eigenvalue weighted by Crippen LogP contribution is 2.26. The quantitative estimate of drug-likeness (QED) is 0.621. The molecule has 0 radical (unpaired) electrons. The molecule has 0 aliphatic rings. The molecule has 0 fully saturated rings. The zero-order valence-electron chi connectivity index (χ0n) is 14.4. The molecule has 0 unspecified atom stereocenters. The molecule has 2 N–H and O–H groups in total. The van der Waals surface area contributed by atoms with E-state index in [1.54, 1.807) is 32.4 Å². The fourth-order valence-electron chi connectivity index (χ4n) is 2.24. The Hall–Kier alpha value is -3.00. The van der Waals surface area contributed by atoms with Crippen LogP contribution < -0.4 is 14.8 Å². The molecular formula is C18H18N4O3S. The Balaban J connectivity index is 1.59. The highest BCUT2D eigenvalue weighted by molar-refractivity contribution is 7.99. The van der Waals surface area contributed by atoms with Gasteiger partial charge in [-0.1, -0.05) is 42.1 Å². The molecule has 134 valence electrons. The number of carbonyl (C=O) groups excluding carboxylic acids is 1. The average molecular weight is 370 g/mol. The maximum Gasteiger partial charge on any atom is 0.234 e. The van der Waals surface area contributed by atoms with Gasteiger partial charge in [0.2, 0.25) is 11.1 Å². The molecule has 8 heteroatoms. The summed E-state index contributed by atoms with van der Waals surface area (Å²) in [6, 6.07) is 14.9. The number of aromatic amines is 1. The summed E-state index contributed by atoms with van der Waals surface area (Å²) in [5, 5.41) is 10.3. The van der Waals surface area contributed by atoms with Crippen LogP contribution in [0.3, 0.4) is 0 Å². The summed E-state index contributed by atoms with van der Waals surface area (Å²) in [6.45, 7) is 0. The van der Waals surface area contributed by atoms with E-state index < -0.39 is 0 Å². The van der Waals surface area contributed by atoms with Gasteiger partial charge < -0.3 is 14.8 Å². The van der Waals surface area contributed by atoms with Gasteiger partial charge in [-0.2, -0.15) is 0 Å². The smallest absolute Gasteiger partial charge is 0.234 e. The zero-order valence-corrected chi connectivity index (χ0v) is 15.2. The molecule has 0 saturated carbocycles. The lowest BCUT2D eigenvalue weighted by molar-refractivity contribution is -0.113. The van der Waals surface area contributed by atoms with E-state index >= 15 is 0 Å². The van der Waals surface area contributed by atoms with E-state index in [0.29, 0.717) is 28.2 Å². The van der Waals surface area contributed by atoms with Crippen molar-refractivity contribution in [3.63, 3.8) is 0 Å². The Kier molecular flexibility index (Phi) is 5.75. The van der Waals surface area contributed by atoms with Gasteiger partial charge in [-0.3, -0.25) is 9.89 Å². The first-order valence-corrected chi connectivity index (χ1v) is 8.80. The number of nitrogens with one attached hydrogen (secondary N) is 2. The summed E-state index contributed by atoms with van der Waals surface area (Å²) >= 11 is 1.26. The fourth-order valence-corrected chi connectivity index (χ4v) is 2.84. The second-order valence-electron chi connectivity index (χ2n) is 5.27. The third kappa shape index (κ3) is 4.54. The van der Waals surface area contributed by atoms with Crippen LogP contribution >= 0.6 is 11.8 Å². The molecule has 0 atom stereocenters. The van der Waals surface area contributed by atoms with Crippen molar-refractivity contribution in [3.05, 3.63) is 48.5 Å². The van der Waals surface area contributed by atoms with Crippen LogP contribution in [0.5, 0.6) is 11.5 Å². The van der Waals surface area contributed by atoms with E-state index in [9.17, 15) is 4.79 Å². The molecule has 1 heterocycles. The number of thioether (sulfide) groups is 1. The minimum atomic E-state index is -0.170. The Morgan fingerprint density at radius 1 is 1.12 bits per heavy atom. The molecule has 26 heavy (non-hydrogen) atoms. The second kappa shape index (κ2) is 8.39. The monoisotopic (exact) mass is 370 g/mol. The van der Waals surface area contributed by atoms with Crippen LogP contribution in [0, 0.1) is 0 Å². The van der Waals surface area contributed by atoms with Gasteiger partial charge in [0.1, 0.15) is 11.5 Å². The Morgan fingerprint density at radius 2 is 1.81 bits per heavy atom. The van der Waals surface area contributed by atoms with Crippen molar-refractivity contribution in [2.45, 2.75) is 5.16 Å². The number of anilines is 1. The van der Waals surface area contributed by atoms with E-state index in [1.165, 1.54) is 11.8 Å². The lowest BCUT2D eigenvalue weighted by Gasteiger charge is -2.09. The highest BCUT2D eigenvalue weighted by atomic mass is 32.2. The first-order valence-electron chi connectivity index (χ1n) is 7.81. The van der Waals surface area contributed by atoms with Crippen molar-refractivity contribution in [2.75, 3.05) is 25.3 Å². The number of nitrogens with zero attached hydrogens (tertiary/aromatic N) is 2. The number of hydrogen-bond donors (Lipinski definition) is 2. The first kappa shape index (κ1) is 17.8. The molecular weight excluding hydrogens is 352 g/mol. The number of hydrogen-bond acceptors (Lipinski definition) is 6. The molecule has 1 amide bonds. The van der Waals surface area contributed by atoms with E-state index in [-0.39, 0.29) is 11.7 Å². The van der Waals surface area contributed by atoms with Gasteiger partial charge in [0.25, 0.3) is 0 Å². The van der Waals surface area contributed by atoms with Crippen LogP contribution in [0.15, 0.2) is 53.7 Å². The number of ether oxygens (including phenoxy) is 2. The molecule has 0 spiro atoms. The van der Waals surface area contributed by atoms with Gasteiger partial charge in [0.05, 0.1) is 20.0 Å². The third-order valence-corrected chi connectivity index (χ3v) is 4.33. The molecule has 2 aromatic carbocycles. The number of amides is 1. The van der Waals surface area contributed by atoms with Crippen LogP contribution in [0.1, 0.15) is 0 Å². The molecule has 0 bridgehead atoms. The fraction of sp³-hybridized carbons (Fsp3) is 0.167.